The van der Waals surface area contributed by atoms with Crippen LogP contribution in [0, 0.1) is 19.7 Å². The van der Waals surface area contributed by atoms with Crippen LogP contribution < -0.4 is 15.6 Å². The van der Waals surface area contributed by atoms with Crippen molar-refractivity contribution in [3.8, 4) is 11.4 Å². The highest BCUT2D eigenvalue weighted by molar-refractivity contribution is 9.10. The van der Waals surface area contributed by atoms with Crippen molar-refractivity contribution in [2.45, 2.75) is 33.9 Å². The molecule has 0 aliphatic heterocycles. The highest BCUT2D eigenvalue weighted by Gasteiger charge is 2.18. The lowest BCUT2D eigenvalue weighted by Crippen LogP contribution is -2.29. The third kappa shape index (κ3) is 5.76. The summed E-state index contributed by atoms with van der Waals surface area (Å²) in [6.07, 6.45) is -1.11. The van der Waals surface area contributed by atoms with E-state index >= 15 is 0 Å². The van der Waals surface area contributed by atoms with E-state index in [1.807, 2.05) is 6.92 Å². The topological polar surface area (TPSA) is 101 Å². The van der Waals surface area contributed by atoms with Crippen molar-refractivity contribution in [1.82, 2.24) is 14.8 Å². The molecule has 0 atom stereocenters. The van der Waals surface area contributed by atoms with Crippen LogP contribution in [0.25, 0.3) is 5.69 Å². The summed E-state index contributed by atoms with van der Waals surface area (Å²) in [5, 5.41) is 11.9. The standard InChI is InChI=1S/C26H27BrFN3O5/c1-5-30(26(34)35)13-19-11-20(28)9-8-18(19)14-36-22-10-16(3)31(25(33)23(22)27)21-12-17(24(32)29-4)7-6-15(21)2/h6-12H,5,13-14H2,1-4H3,(H,29,32)(H,34,35). The molecule has 0 aliphatic rings. The number of carbonyl (C=O) groups excluding carboxylic acids is 1. The van der Waals surface area contributed by atoms with Crippen LogP contribution in [0.3, 0.4) is 0 Å². The Morgan fingerprint density at radius 2 is 1.86 bits per heavy atom. The Hall–Kier alpha value is -3.66. The Balaban J connectivity index is 1.95. The molecule has 2 aromatic carbocycles. The van der Waals surface area contributed by atoms with E-state index in [1.165, 1.54) is 29.8 Å². The molecule has 0 spiro atoms. The quantitative estimate of drug-likeness (QED) is 0.413. The van der Waals surface area contributed by atoms with Gasteiger partial charge in [0.25, 0.3) is 11.5 Å². The minimum absolute atomic E-state index is 0.000532. The van der Waals surface area contributed by atoms with E-state index in [9.17, 15) is 23.9 Å². The molecule has 0 aliphatic carbocycles. The van der Waals surface area contributed by atoms with Crippen molar-refractivity contribution in [2.75, 3.05) is 13.6 Å². The van der Waals surface area contributed by atoms with Crippen LogP contribution in [-0.4, -0.2) is 40.2 Å². The predicted octanol–water partition coefficient (Wildman–Crippen LogP) is 4.79. The Labute approximate surface area is 216 Å². The minimum atomic E-state index is -1.11. The molecule has 0 radical (unpaired) electrons. The first-order valence-corrected chi connectivity index (χ1v) is 12.0. The zero-order valence-electron chi connectivity index (χ0n) is 20.4. The molecule has 0 saturated heterocycles. The maximum Gasteiger partial charge on any atom is 0.407 e. The van der Waals surface area contributed by atoms with Gasteiger partial charge in [-0.05, 0) is 77.7 Å². The number of hydrogen-bond acceptors (Lipinski definition) is 4. The summed E-state index contributed by atoms with van der Waals surface area (Å²) in [5.41, 5.74) is 3.08. The third-order valence-electron chi connectivity index (χ3n) is 5.80. The first-order valence-electron chi connectivity index (χ1n) is 11.2. The number of nitrogens with one attached hydrogen (secondary N) is 1. The van der Waals surface area contributed by atoms with Crippen molar-refractivity contribution >= 4 is 27.9 Å². The summed E-state index contributed by atoms with van der Waals surface area (Å²) in [4.78, 5) is 38.0. The maximum absolute atomic E-state index is 13.9. The lowest BCUT2D eigenvalue weighted by atomic mass is 10.1. The number of carbonyl (C=O) groups is 2. The van der Waals surface area contributed by atoms with Gasteiger partial charge in [-0.1, -0.05) is 12.1 Å². The predicted molar refractivity (Wildman–Crippen MR) is 137 cm³/mol. The highest BCUT2D eigenvalue weighted by Crippen LogP contribution is 2.27. The van der Waals surface area contributed by atoms with E-state index in [-0.39, 0.29) is 41.4 Å². The monoisotopic (exact) mass is 559 g/mol. The van der Waals surface area contributed by atoms with Gasteiger partial charge in [0.15, 0.2) is 0 Å². The van der Waals surface area contributed by atoms with Crippen LogP contribution in [0.1, 0.15) is 39.7 Å². The number of amides is 2. The fraction of sp³-hybridized carbons (Fsp3) is 0.269. The van der Waals surface area contributed by atoms with E-state index in [0.717, 1.165) is 10.5 Å². The largest absolute Gasteiger partial charge is 0.487 e. The van der Waals surface area contributed by atoms with Crippen molar-refractivity contribution in [3.05, 3.63) is 91.1 Å². The van der Waals surface area contributed by atoms with Gasteiger partial charge < -0.3 is 20.1 Å². The van der Waals surface area contributed by atoms with Gasteiger partial charge in [-0.15, -0.1) is 0 Å². The van der Waals surface area contributed by atoms with E-state index in [0.29, 0.717) is 28.1 Å². The van der Waals surface area contributed by atoms with E-state index < -0.39 is 11.9 Å². The molecule has 2 amide bonds. The molecular weight excluding hydrogens is 533 g/mol. The van der Waals surface area contributed by atoms with E-state index in [1.54, 1.807) is 38.1 Å². The maximum atomic E-state index is 13.9. The second-order valence-electron chi connectivity index (χ2n) is 8.18. The molecule has 1 heterocycles. The van der Waals surface area contributed by atoms with E-state index in [2.05, 4.69) is 21.2 Å². The summed E-state index contributed by atoms with van der Waals surface area (Å²) in [5.74, 6) is -0.459. The molecule has 36 heavy (non-hydrogen) atoms. The van der Waals surface area contributed by atoms with Gasteiger partial charge in [-0.2, -0.15) is 0 Å². The van der Waals surface area contributed by atoms with Gasteiger partial charge >= 0.3 is 6.09 Å². The van der Waals surface area contributed by atoms with Crippen LogP contribution in [-0.2, 0) is 13.2 Å². The normalized spacial score (nSPS) is 10.7. The summed E-state index contributed by atoms with van der Waals surface area (Å²) in [7, 11) is 1.54. The van der Waals surface area contributed by atoms with Gasteiger partial charge in [0.05, 0.1) is 5.69 Å². The molecule has 10 heteroatoms. The van der Waals surface area contributed by atoms with Gasteiger partial charge in [-0.25, -0.2) is 9.18 Å². The molecule has 3 rings (SSSR count). The van der Waals surface area contributed by atoms with Crippen LogP contribution >= 0.6 is 15.9 Å². The smallest absolute Gasteiger partial charge is 0.407 e. The SMILES string of the molecule is CCN(Cc1cc(F)ccc1COc1cc(C)n(-c2cc(C(=O)NC)ccc2C)c(=O)c1Br)C(=O)O. The van der Waals surface area contributed by atoms with Gasteiger partial charge in [0, 0.05) is 37.5 Å². The first kappa shape index (κ1) is 26.9. The first-order chi connectivity index (χ1) is 17.1. The Morgan fingerprint density at radius 3 is 2.50 bits per heavy atom. The second-order valence-corrected chi connectivity index (χ2v) is 8.98. The highest BCUT2D eigenvalue weighted by atomic mass is 79.9. The molecule has 0 unspecified atom stereocenters. The third-order valence-corrected chi connectivity index (χ3v) is 6.53. The van der Waals surface area contributed by atoms with Crippen LogP contribution in [0.4, 0.5) is 9.18 Å². The molecule has 0 saturated carbocycles. The Kier molecular flexibility index (Phi) is 8.52. The number of ether oxygens (including phenoxy) is 1. The van der Waals surface area contributed by atoms with Crippen molar-refractivity contribution < 1.29 is 23.8 Å². The van der Waals surface area contributed by atoms with Gasteiger partial charge in [0.2, 0.25) is 0 Å². The molecule has 8 nitrogen and oxygen atoms in total. The second kappa shape index (κ2) is 11.4. The molecular formula is C26H27BrFN3O5. The fourth-order valence-electron chi connectivity index (χ4n) is 3.78. The zero-order chi connectivity index (χ0) is 26.6. The van der Waals surface area contributed by atoms with Gasteiger partial charge in [-0.3, -0.25) is 14.2 Å². The van der Waals surface area contributed by atoms with E-state index in [4.69, 9.17) is 4.74 Å². The van der Waals surface area contributed by atoms with Crippen LogP contribution in [0.2, 0.25) is 0 Å². The van der Waals surface area contributed by atoms with Crippen molar-refractivity contribution in [3.63, 3.8) is 0 Å². The summed E-state index contributed by atoms with van der Waals surface area (Å²) >= 11 is 3.34. The summed E-state index contributed by atoms with van der Waals surface area (Å²) < 4.78 is 21.5. The average Bonchev–Trinajstić information content (AvgIpc) is 2.85. The number of hydrogen-bond donors (Lipinski definition) is 2. The Bertz CT molecular complexity index is 1370. The number of halogens is 2. The zero-order valence-corrected chi connectivity index (χ0v) is 22.0. The molecule has 2 N–H and O–H groups in total. The summed E-state index contributed by atoms with van der Waals surface area (Å²) in [6.45, 7) is 5.55. The number of benzene rings is 2. The number of aryl methyl sites for hydroxylation is 2. The molecule has 3 aromatic rings. The lowest BCUT2D eigenvalue weighted by Gasteiger charge is -2.20. The van der Waals surface area contributed by atoms with Crippen LogP contribution in [0.15, 0.2) is 51.7 Å². The average molecular weight is 560 g/mol. The molecule has 0 bridgehead atoms. The lowest BCUT2D eigenvalue weighted by molar-refractivity contribution is 0.0963. The number of pyridine rings is 1. The molecule has 0 fully saturated rings. The van der Waals surface area contributed by atoms with Crippen molar-refractivity contribution in [1.29, 1.82) is 0 Å². The fourth-order valence-corrected chi connectivity index (χ4v) is 4.19. The minimum Gasteiger partial charge on any atom is -0.487 e. The van der Waals surface area contributed by atoms with Crippen LogP contribution in [0.5, 0.6) is 5.75 Å². The Morgan fingerprint density at radius 1 is 1.14 bits per heavy atom. The number of nitrogens with zero attached hydrogens (tertiary/aromatic N) is 2. The molecule has 1 aromatic heterocycles. The summed E-state index contributed by atoms with van der Waals surface area (Å²) in [6, 6.07) is 10.9. The van der Waals surface area contributed by atoms with Crippen molar-refractivity contribution in [2.24, 2.45) is 0 Å². The van der Waals surface area contributed by atoms with Gasteiger partial charge in [0.1, 0.15) is 22.6 Å². The number of carboxylic acid groups (broad SMARTS) is 1. The number of rotatable bonds is 8. The number of aromatic nitrogens is 1. The molecule has 190 valence electrons.